The second kappa shape index (κ2) is 5.42. The molecule has 1 fully saturated rings. The molecule has 0 amide bonds. The van der Waals surface area contributed by atoms with Crippen molar-refractivity contribution in [3.8, 4) is 5.88 Å². The van der Waals surface area contributed by atoms with E-state index in [0.29, 0.717) is 30.5 Å². The molecule has 2 unspecified atom stereocenters. The predicted molar refractivity (Wildman–Crippen MR) is 70.2 cm³/mol. The van der Waals surface area contributed by atoms with Crippen molar-refractivity contribution in [2.24, 2.45) is 5.92 Å². The van der Waals surface area contributed by atoms with E-state index in [1.165, 1.54) is 13.4 Å². The van der Waals surface area contributed by atoms with Crippen LogP contribution in [0.15, 0.2) is 12.4 Å². The van der Waals surface area contributed by atoms with Crippen LogP contribution < -0.4 is 10.1 Å². The lowest BCUT2D eigenvalue weighted by Crippen LogP contribution is -2.49. The second-order valence-corrected chi connectivity index (χ2v) is 5.16. The average Bonchev–Trinajstić information content (AvgIpc) is 2.38. The molecule has 1 aromatic rings. The minimum absolute atomic E-state index is 0.390. The highest BCUT2D eigenvalue weighted by Gasteiger charge is 2.42. The maximum absolute atomic E-state index is 11.6. The normalized spacial score (nSPS) is 26.7. The zero-order valence-electron chi connectivity index (χ0n) is 11.2. The van der Waals surface area contributed by atoms with Crippen LogP contribution in [-0.4, -0.2) is 33.7 Å². The Hall–Kier alpha value is -1.85. The molecule has 2 atom stereocenters. The fraction of sp³-hybridized carbons (Fsp3) is 0.615. The molecule has 0 radical (unpaired) electrons. The van der Waals surface area contributed by atoms with Crippen LogP contribution in [0.5, 0.6) is 5.88 Å². The van der Waals surface area contributed by atoms with Gasteiger partial charge in [0, 0.05) is 6.07 Å². The first-order valence-electron chi connectivity index (χ1n) is 6.43. The molecule has 19 heavy (non-hydrogen) atoms. The third-order valence-electron chi connectivity index (χ3n) is 3.63. The van der Waals surface area contributed by atoms with E-state index in [4.69, 9.17) is 4.74 Å². The van der Waals surface area contributed by atoms with Gasteiger partial charge in [-0.05, 0) is 18.8 Å². The molecule has 1 aliphatic carbocycles. The third-order valence-corrected chi connectivity index (χ3v) is 3.63. The molecule has 1 heterocycles. The largest absolute Gasteiger partial charge is 0.481 e. The van der Waals surface area contributed by atoms with E-state index in [2.05, 4.69) is 22.2 Å². The minimum Gasteiger partial charge on any atom is -0.481 e. The summed E-state index contributed by atoms with van der Waals surface area (Å²) in [4.78, 5) is 19.6. The number of carboxylic acids is 1. The smallest absolute Gasteiger partial charge is 0.329 e. The standard InChI is InChI=1S/C13H19N3O3/c1-9-4-3-5-13(7-9,12(17)18)16-10-6-11(19-2)15-8-14-10/h6,8-9H,3-5,7H2,1-2H3,(H,17,18)(H,14,15,16). The maximum Gasteiger partial charge on any atom is 0.329 e. The van der Waals surface area contributed by atoms with Crippen molar-refractivity contribution in [1.29, 1.82) is 0 Å². The average molecular weight is 265 g/mol. The molecule has 0 saturated heterocycles. The Bertz CT molecular complexity index is 466. The third kappa shape index (κ3) is 2.94. The molecule has 0 aliphatic heterocycles. The van der Waals surface area contributed by atoms with E-state index in [-0.39, 0.29) is 0 Å². The van der Waals surface area contributed by atoms with Gasteiger partial charge in [0.05, 0.1) is 7.11 Å². The molecule has 0 bridgehead atoms. The lowest BCUT2D eigenvalue weighted by molar-refractivity contribution is -0.144. The SMILES string of the molecule is COc1cc(NC2(C(=O)O)CCCC(C)C2)ncn1. The number of ether oxygens (including phenoxy) is 1. The lowest BCUT2D eigenvalue weighted by Gasteiger charge is -2.37. The van der Waals surface area contributed by atoms with E-state index in [1.807, 2.05) is 0 Å². The molecule has 104 valence electrons. The summed E-state index contributed by atoms with van der Waals surface area (Å²) in [5, 5.41) is 12.6. The van der Waals surface area contributed by atoms with Crippen molar-refractivity contribution in [3.05, 3.63) is 12.4 Å². The maximum atomic E-state index is 11.6. The molecular formula is C13H19N3O3. The van der Waals surface area contributed by atoms with Crippen molar-refractivity contribution in [2.75, 3.05) is 12.4 Å². The Balaban J connectivity index is 2.23. The van der Waals surface area contributed by atoms with Gasteiger partial charge in [0.15, 0.2) is 0 Å². The van der Waals surface area contributed by atoms with Crippen LogP contribution in [-0.2, 0) is 4.79 Å². The first-order chi connectivity index (χ1) is 9.05. The minimum atomic E-state index is -0.934. The molecule has 1 saturated carbocycles. The second-order valence-electron chi connectivity index (χ2n) is 5.16. The van der Waals surface area contributed by atoms with Crippen LogP contribution >= 0.6 is 0 Å². The van der Waals surface area contributed by atoms with Gasteiger partial charge in [-0.1, -0.05) is 19.8 Å². The molecule has 6 heteroatoms. The highest BCUT2D eigenvalue weighted by atomic mass is 16.5. The van der Waals surface area contributed by atoms with E-state index in [9.17, 15) is 9.90 Å². The molecule has 6 nitrogen and oxygen atoms in total. The van der Waals surface area contributed by atoms with Crippen molar-refractivity contribution >= 4 is 11.8 Å². The fourth-order valence-electron chi connectivity index (χ4n) is 2.68. The first kappa shape index (κ1) is 13.6. The van der Waals surface area contributed by atoms with E-state index >= 15 is 0 Å². The van der Waals surface area contributed by atoms with Crippen molar-refractivity contribution < 1.29 is 14.6 Å². The van der Waals surface area contributed by atoms with Gasteiger partial charge < -0.3 is 15.2 Å². The highest BCUT2D eigenvalue weighted by Crippen LogP contribution is 2.35. The van der Waals surface area contributed by atoms with Crippen molar-refractivity contribution in [2.45, 2.75) is 38.1 Å². The number of hydrogen-bond acceptors (Lipinski definition) is 5. The van der Waals surface area contributed by atoms with Crippen LogP contribution in [0.1, 0.15) is 32.6 Å². The number of methoxy groups -OCH3 is 1. The van der Waals surface area contributed by atoms with Gasteiger partial charge >= 0.3 is 5.97 Å². The van der Waals surface area contributed by atoms with E-state index < -0.39 is 11.5 Å². The Kier molecular flexibility index (Phi) is 3.87. The molecule has 1 aliphatic rings. The molecular weight excluding hydrogens is 246 g/mol. The summed E-state index contributed by atoms with van der Waals surface area (Å²) in [7, 11) is 1.52. The van der Waals surface area contributed by atoms with E-state index in [1.54, 1.807) is 6.07 Å². The number of anilines is 1. The summed E-state index contributed by atoms with van der Waals surface area (Å²) in [6.07, 6.45) is 4.56. The number of nitrogens with one attached hydrogen (secondary N) is 1. The Morgan fingerprint density at radius 2 is 2.37 bits per heavy atom. The number of hydrogen-bond donors (Lipinski definition) is 2. The summed E-state index contributed by atoms with van der Waals surface area (Å²) >= 11 is 0. The summed E-state index contributed by atoms with van der Waals surface area (Å²) in [5.41, 5.74) is -0.934. The van der Waals surface area contributed by atoms with Gasteiger partial charge in [0.1, 0.15) is 17.7 Å². The van der Waals surface area contributed by atoms with Crippen LogP contribution in [0.4, 0.5) is 5.82 Å². The molecule has 0 spiro atoms. The molecule has 2 N–H and O–H groups in total. The zero-order valence-corrected chi connectivity index (χ0v) is 11.2. The van der Waals surface area contributed by atoms with Crippen molar-refractivity contribution in [3.63, 3.8) is 0 Å². The first-order valence-corrected chi connectivity index (χ1v) is 6.43. The van der Waals surface area contributed by atoms with Crippen LogP contribution in [0.25, 0.3) is 0 Å². The molecule has 2 rings (SSSR count). The highest BCUT2D eigenvalue weighted by molar-refractivity contribution is 5.82. The van der Waals surface area contributed by atoms with Gasteiger partial charge in [-0.3, -0.25) is 0 Å². The van der Waals surface area contributed by atoms with Crippen LogP contribution in [0.2, 0.25) is 0 Å². The number of rotatable bonds is 4. The topological polar surface area (TPSA) is 84.3 Å². The molecule has 0 aromatic carbocycles. The number of aliphatic carboxylic acids is 1. The van der Waals surface area contributed by atoms with Crippen molar-refractivity contribution in [1.82, 2.24) is 9.97 Å². The summed E-state index contributed by atoms with van der Waals surface area (Å²) < 4.78 is 5.02. The van der Waals surface area contributed by atoms with Crippen LogP contribution in [0.3, 0.4) is 0 Å². The Morgan fingerprint density at radius 1 is 1.58 bits per heavy atom. The quantitative estimate of drug-likeness (QED) is 0.865. The number of carboxylic acid groups (broad SMARTS) is 1. The monoisotopic (exact) mass is 265 g/mol. The van der Waals surface area contributed by atoms with E-state index in [0.717, 1.165) is 12.8 Å². The lowest BCUT2D eigenvalue weighted by atomic mass is 9.76. The Morgan fingerprint density at radius 3 is 3.00 bits per heavy atom. The Labute approximate surface area is 112 Å². The summed E-state index contributed by atoms with van der Waals surface area (Å²) in [6.45, 7) is 2.08. The fourth-order valence-corrected chi connectivity index (χ4v) is 2.68. The van der Waals surface area contributed by atoms with Gasteiger partial charge in [-0.25, -0.2) is 14.8 Å². The number of nitrogens with zero attached hydrogens (tertiary/aromatic N) is 2. The van der Waals surface area contributed by atoms with Crippen LogP contribution in [0, 0.1) is 5.92 Å². The summed E-state index contributed by atoms with van der Waals surface area (Å²) in [6, 6.07) is 1.62. The van der Waals surface area contributed by atoms with Gasteiger partial charge in [-0.15, -0.1) is 0 Å². The number of aromatic nitrogens is 2. The van der Waals surface area contributed by atoms with Gasteiger partial charge in [0.2, 0.25) is 5.88 Å². The van der Waals surface area contributed by atoms with Gasteiger partial charge in [-0.2, -0.15) is 0 Å². The zero-order chi connectivity index (χ0) is 13.9. The number of carbonyl (C=O) groups is 1. The summed E-state index contributed by atoms with van der Waals surface area (Å²) in [5.74, 6) is 0.475. The predicted octanol–water partition coefficient (Wildman–Crippen LogP) is 1.93. The van der Waals surface area contributed by atoms with Gasteiger partial charge in [0.25, 0.3) is 0 Å². The molecule has 1 aromatic heterocycles.